The van der Waals surface area contributed by atoms with Crippen LogP contribution in [0, 0.1) is 0 Å². The lowest BCUT2D eigenvalue weighted by atomic mass is 10.1. The lowest BCUT2D eigenvalue weighted by Crippen LogP contribution is -2.28. The Balaban J connectivity index is 2.32. The highest BCUT2D eigenvalue weighted by Gasteiger charge is 2.20. The largest absolute Gasteiger partial charge is 0.490 e. The highest BCUT2D eigenvalue weighted by molar-refractivity contribution is 6.09. The van der Waals surface area contributed by atoms with Crippen LogP contribution in [0.3, 0.4) is 0 Å². The highest BCUT2D eigenvalue weighted by Crippen LogP contribution is 2.39. The van der Waals surface area contributed by atoms with E-state index in [1.165, 1.54) is 0 Å². The van der Waals surface area contributed by atoms with Crippen molar-refractivity contribution in [1.29, 1.82) is 0 Å². The first-order valence-electron chi connectivity index (χ1n) is 10.3. The van der Waals surface area contributed by atoms with Gasteiger partial charge in [-0.3, -0.25) is 9.59 Å². The third-order valence-electron chi connectivity index (χ3n) is 4.18. The van der Waals surface area contributed by atoms with Crippen LogP contribution in [0.4, 0.5) is 5.69 Å². The zero-order valence-corrected chi connectivity index (χ0v) is 18.4. The quantitative estimate of drug-likeness (QED) is 0.501. The summed E-state index contributed by atoms with van der Waals surface area (Å²) >= 11 is 0. The van der Waals surface area contributed by atoms with Crippen molar-refractivity contribution in [2.75, 3.05) is 45.4 Å². The monoisotopic (exact) mass is 430 g/mol. The number of para-hydroxylation sites is 1. The van der Waals surface area contributed by atoms with Crippen LogP contribution in [-0.4, -0.2) is 51.9 Å². The Morgan fingerprint density at radius 3 is 2.06 bits per heavy atom. The van der Waals surface area contributed by atoms with Crippen LogP contribution in [0.1, 0.15) is 41.5 Å². The van der Waals surface area contributed by atoms with Gasteiger partial charge >= 0.3 is 0 Å². The molecule has 31 heavy (non-hydrogen) atoms. The molecular formula is C23H30N2O6. The van der Waals surface area contributed by atoms with Crippen LogP contribution in [0.25, 0.3) is 0 Å². The number of carbonyl (C=O) groups is 2. The topological polar surface area (TPSA) is 95.1 Å². The average molecular weight is 431 g/mol. The first kappa shape index (κ1) is 24.0. The molecule has 0 unspecified atom stereocenters. The summed E-state index contributed by atoms with van der Waals surface area (Å²) < 4.78 is 22.0. The summed E-state index contributed by atoms with van der Waals surface area (Å²) in [6.07, 6.45) is 0. The SMILES string of the molecule is CCOc1cc(C(=O)Nc2ccccc2C(=O)NCCOC)cc(OCC)c1OCC. The second kappa shape index (κ2) is 12.4. The maximum Gasteiger partial charge on any atom is 0.255 e. The van der Waals surface area contributed by atoms with E-state index in [1.54, 1.807) is 43.5 Å². The maximum atomic E-state index is 13.0. The van der Waals surface area contributed by atoms with Crippen LogP contribution < -0.4 is 24.8 Å². The number of ether oxygens (including phenoxy) is 4. The molecule has 168 valence electrons. The van der Waals surface area contributed by atoms with Crippen LogP contribution in [0.2, 0.25) is 0 Å². The van der Waals surface area contributed by atoms with E-state index < -0.39 is 5.91 Å². The van der Waals surface area contributed by atoms with Gasteiger partial charge in [0.1, 0.15) is 0 Å². The predicted molar refractivity (Wildman–Crippen MR) is 119 cm³/mol. The van der Waals surface area contributed by atoms with Crippen LogP contribution in [0.15, 0.2) is 36.4 Å². The van der Waals surface area contributed by atoms with Gasteiger partial charge in [0.15, 0.2) is 11.5 Å². The predicted octanol–water partition coefficient (Wildman–Crippen LogP) is 3.51. The van der Waals surface area contributed by atoms with Crippen molar-refractivity contribution in [2.45, 2.75) is 20.8 Å². The van der Waals surface area contributed by atoms with Crippen molar-refractivity contribution >= 4 is 17.5 Å². The van der Waals surface area contributed by atoms with E-state index in [4.69, 9.17) is 18.9 Å². The van der Waals surface area contributed by atoms with Crippen LogP contribution in [0.5, 0.6) is 17.2 Å². The molecule has 0 aliphatic carbocycles. The first-order valence-corrected chi connectivity index (χ1v) is 10.3. The van der Waals surface area contributed by atoms with Gasteiger partial charge in [0.25, 0.3) is 11.8 Å². The van der Waals surface area contributed by atoms with Crippen LogP contribution >= 0.6 is 0 Å². The number of benzene rings is 2. The molecular weight excluding hydrogens is 400 g/mol. The van der Waals surface area contributed by atoms with Gasteiger partial charge in [0.05, 0.1) is 37.7 Å². The molecule has 0 saturated carbocycles. The molecule has 0 spiro atoms. The van der Waals surface area contributed by atoms with E-state index >= 15 is 0 Å². The normalized spacial score (nSPS) is 10.3. The minimum atomic E-state index is -0.401. The van der Waals surface area contributed by atoms with E-state index in [0.717, 1.165) is 0 Å². The fourth-order valence-electron chi connectivity index (χ4n) is 2.87. The number of nitrogens with one attached hydrogen (secondary N) is 2. The summed E-state index contributed by atoms with van der Waals surface area (Å²) in [5, 5.41) is 5.56. The van der Waals surface area contributed by atoms with E-state index in [2.05, 4.69) is 10.6 Å². The molecule has 2 aromatic rings. The number of hydrogen-bond donors (Lipinski definition) is 2. The Morgan fingerprint density at radius 2 is 1.48 bits per heavy atom. The molecule has 2 amide bonds. The van der Waals surface area contributed by atoms with Gasteiger partial charge in [-0.2, -0.15) is 0 Å². The van der Waals surface area contributed by atoms with Gasteiger partial charge in [0.2, 0.25) is 5.75 Å². The van der Waals surface area contributed by atoms with Crippen molar-refractivity contribution in [2.24, 2.45) is 0 Å². The van der Waals surface area contributed by atoms with Crippen molar-refractivity contribution in [3.8, 4) is 17.2 Å². The molecule has 0 atom stereocenters. The molecule has 0 saturated heterocycles. The summed E-state index contributed by atoms with van der Waals surface area (Å²) in [4.78, 5) is 25.5. The van der Waals surface area contributed by atoms with Crippen molar-refractivity contribution in [3.63, 3.8) is 0 Å². The second-order valence-corrected chi connectivity index (χ2v) is 6.35. The average Bonchev–Trinajstić information content (AvgIpc) is 2.76. The Morgan fingerprint density at radius 1 is 0.871 bits per heavy atom. The number of carbonyl (C=O) groups excluding carboxylic acids is 2. The Kier molecular flexibility index (Phi) is 9.64. The minimum Gasteiger partial charge on any atom is -0.490 e. The van der Waals surface area contributed by atoms with Gasteiger partial charge in [0, 0.05) is 19.2 Å². The van der Waals surface area contributed by atoms with Gasteiger partial charge in [-0.15, -0.1) is 0 Å². The summed E-state index contributed by atoms with van der Waals surface area (Å²) in [6.45, 7) is 7.56. The smallest absolute Gasteiger partial charge is 0.255 e. The van der Waals surface area contributed by atoms with Gasteiger partial charge in [-0.05, 0) is 45.0 Å². The fourth-order valence-corrected chi connectivity index (χ4v) is 2.87. The zero-order chi connectivity index (χ0) is 22.6. The summed E-state index contributed by atoms with van der Waals surface area (Å²) in [5.74, 6) is 0.601. The Labute approximate surface area is 182 Å². The summed E-state index contributed by atoms with van der Waals surface area (Å²) in [7, 11) is 1.56. The van der Waals surface area contributed by atoms with Crippen molar-refractivity contribution in [1.82, 2.24) is 5.32 Å². The second-order valence-electron chi connectivity index (χ2n) is 6.35. The molecule has 0 fully saturated rings. The lowest BCUT2D eigenvalue weighted by Gasteiger charge is -2.17. The zero-order valence-electron chi connectivity index (χ0n) is 18.4. The maximum absolute atomic E-state index is 13.0. The number of anilines is 1. The van der Waals surface area contributed by atoms with E-state index in [1.807, 2.05) is 20.8 Å². The number of amides is 2. The molecule has 8 nitrogen and oxygen atoms in total. The Hall–Kier alpha value is -3.26. The third-order valence-corrected chi connectivity index (χ3v) is 4.18. The molecule has 2 rings (SSSR count). The van der Waals surface area contributed by atoms with Crippen LogP contribution in [-0.2, 0) is 4.74 Å². The van der Waals surface area contributed by atoms with Crippen molar-refractivity contribution in [3.05, 3.63) is 47.5 Å². The van der Waals surface area contributed by atoms with E-state index in [9.17, 15) is 9.59 Å². The molecule has 2 aromatic carbocycles. The Bertz CT molecular complexity index is 857. The summed E-state index contributed by atoms with van der Waals surface area (Å²) in [6, 6.07) is 10.0. The van der Waals surface area contributed by atoms with Gasteiger partial charge in [-0.25, -0.2) is 0 Å². The van der Waals surface area contributed by atoms with E-state index in [0.29, 0.717) is 67.0 Å². The number of hydrogen-bond acceptors (Lipinski definition) is 6. The molecule has 0 aliphatic heterocycles. The first-order chi connectivity index (χ1) is 15.0. The molecule has 2 N–H and O–H groups in total. The summed E-state index contributed by atoms with van der Waals surface area (Å²) in [5.41, 5.74) is 1.07. The van der Waals surface area contributed by atoms with Gasteiger partial charge in [-0.1, -0.05) is 12.1 Å². The third kappa shape index (κ3) is 6.62. The highest BCUT2D eigenvalue weighted by atomic mass is 16.5. The molecule has 0 aliphatic rings. The number of methoxy groups -OCH3 is 1. The molecule has 0 heterocycles. The molecule has 0 aromatic heterocycles. The number of rotatable bonds is 12. The van der Waals surface area contributed by atoms with Gasteiger partial charge < -0.3 is 29.6 Å². The van der Waals surface area contributed by atoms with E-state index in [-0.39, 0.29) is 5.91 Å². The van der Waals surface area contributed by atoms with Crippen molar-refractivity contribution < 1.29 is 28.5 Å². The lowest BCUT2D eigenvalue weighted by molar-refractivity contribution is 0.0938. The fraction of sp³-hybridized carbons (Fsp3) is 0.391. The molecule has 8 heteroatoms. The molecule has 0 bridgehead atoms. The standard InChI is InChI=1S/C23H30N2O6/c1-5-29-19-14-16(15-20(30-6-2)21(19)31-7-3)22(26)25-18-11-9-8-10-17(18)23(27)24-12-13-28-4/h8-11,14-15H,5-7,12-13H2,1-4H3,(H,24,27)(H,25,26). The molecule has 0 radical (unpaired) electrons. The minimum absolute atomic E-state index is 0.301.